The average molecular weight is 372 g/mol. The van der Waals surface area contributed by atoms with Crippen molar-refractivity contribution in [2.24, 2.45) is 0 Å². The number of alkyl halides is 12. The average Bonchev–Trinajstić information content (AvgIpc) is 2.52. The molecule has 0 amide bonds. The van der Waals surface area contributed by atoms with E-state index in [1.807, 2.05) is 0 Å². The van der Waals surface area contributed by atoms with Crippen LogP contribution >= 0.6 is 0 Å². The van der Waals surface area contributed by atoms with Gasteiger partial charge in [-0.1, -0.05) is 0 Å². The van der Waals surface area contributed by atoms with E-state index in [0.29, 0.717) is 0 Å². The maximum atomic E-state index is 14.1. The molecule has 0 aliphatic heterocycles. The fourth-order valence-corrected chi connectivity index (χ4v) is 3.15. The SMILES string of the molecule is OC(F)C1(F)C(F)(C(O)F)C2(F)C(F)(F)C(F)(F)C1(F)C2(F)F. The van der Waals surface area contributed by atoms with Crippen molar-refractivity contribution in [3.8, 4) is 0 Å². The number of rotatable bonds is 2. The number of hydrogen-bond donors (Lipinski definition) is 2. The normalized spacial score (nSPS) is 52.4. The molecule has 0 aromatic rings. The Bertz CT molecular complexity index is 505. The maximum Gasteiger partial charge on any atom is 0.356 e. The molecule has 2 bridgehead atoms. The largest absolute Gasteiger partial charge is 0.361 e. The molecule has 6 unspecified atom stereocenters. The van der Waals surface area contributed by atoms with Crippen molar-refractivity contribution in [2.45, 2.75) is 53.2 Å². The summed E-state index contributed by atoms with van der Waals surface area (Å²) in [6, 6.07) is 0. The Morgan fingerprint density at radius 2 is 0.696 bits per heavy atom. The van der Waals surface area contributed by atoms with E-state index in [1.165, 1.54) is 0 Å². The van der Waals surface area contributed by atoms with Crippen molar-refractivity contribution in [2.75, 3.05) is 0 Å². The van der Waals surface area contributed by atoms with E-state index in [1.54, 1.807) is 0 Å². The first-order valence-electron chi connectivity index (χ1n) is 5.42. The van der Waals surface area contributed by atoms with Crippen LogP contribution in [0.25, 0.3) is 0 Å². The monoisotopic (exact) mass is 372 g/mol. The summed E-state index contributed by atoms with van der Waals surface area (Å²) in [5.41, 5.74) is -27.4. The second kappa shape index (κ2) is 3.83. The van der Waals surface area contributed by atoms with Crippen molar-refractivity contribution >= 4 is 0 Å². The third kappa shape index (κ3) is 1.11. The van der Waals surface area contributed by atoms with Crippen molar-refractivity contribution in [1.82, 2.24) is 0 Å². The Balaban J connectivity index is 3.09. The number of halogens is 12. The molecule has 23 heavy (non-hydrogen) atoms. The summed E-state index contributed by atoms with van der Waals surface area (Å²) in [6.07, 6.45) is -10.3. The fourth-order valence-electron chi connectivity index (χ4n) is 3.15. The van der Waals surface area contributed by atoms with Crippen LogP contribution in [-0.2, 0) is 0 Å². The van der Waals surface area contributed by atoms with Gasteiger partial charge in [0.15, 0.2) is 0 Å². The molecule has 0 aromatic heterocycles. The summed E-state index contributed by atoms with van der Waals surface area (Å²) in [5, 5.41) is 16.5. The summed E-state index contributed by atoms with van der Waals surface area (Å²) >= 11 is 0. The van der Waals surface area contributed by atoms with Crippen LogP contribution in [0, 0.1) is 0 Å². The van der Waals surface area contributed by atoms with Gasteiger partial charge in [-0.05, 0) is 0 Å². The van der Waals surface area contributed by atoms with Crippen LogP contribution in [0.5, 0.6) is 0 Å². The van der Waals surface area contributed by atoms with E-state index in [9.17, 15) is 52.7 Å². The quantitative estimate of drug-likeness (QED) is 0.731. The lowest BCUT2D eigenvalue weighted by Crippen LogP contribution is -2.81. The molecular formula is C9H4F12O2. The Labute approximate surface area is 117 Å². The molecule has 2 fully saturated rings. The second-order valence-corrected chi connectivity index (χ2v) is 5.14. The Morgan fingerprint density at radius 1 is 0.478 bits per heavy atom. The lowest BCUT2D eigenvalue weighted by atomic mass is 9.68. The van der Waals surface area contributed by atoms with Gasteiger partial charge < -0.3 is 10.2 Å². The molecular weight excluding hydrogens is 368 g/mol. The summed E-state index contributed by atoms with van der Waals surface area (Å²) < 4.78 is 162. The van der Waals surface area contributed by atoms with Gasteiger partial charge in [0.05, 0.1) is 0 Å². The predicted molar refractivity (Wildman–Crippen MR) is 44.4 cm³/mol. The molecule has 0 aromatic carbocycles. The van der Waals surface area contributed by atoms with Gasteiger partial charge >= 0.3 is 17.8 Å². The van der Waals surface area contributed by atoms with Crippen LogP contribution in [-0.4, -0.2) is 63.4 Å². The zero-order chi connectivity index (χ0) is 18.7. The second-order valence-electron chi connectivity index (χ2n) is 5.14. The molecule has 0 heterocycles. The minimum atomic E-state index is -7.12. The lowest BCUT2D eigenvalue weighted by molar-refractivity contribution is -0.390. The van der Waals surface area contributed by atoms with Gasteiger partial charge in [-0.15, -0.1) is 0 Å². The van der Waals surface area contributed by atoms with E-state index < -0.39 is 53.2 Å². The van der Waals surface area contributed by atoms with E-state index in [2.05, 4.69) is 0 Å². The van der Waals surface area contributed by atoms with E-state index in [-0.39, 0.29) is 0 Å². The van der Waals surface area contributed by atoms with Crippen molar-refractivity contribution in [1.29, 1.82) is 0 Å². The Morgan fingerprint density at radius 3 is 0.870 bits per heavy atom. The van der Waals surface area contributed by atoms with Crippen LogP contribution in [0.2, 0.25) is 0 Å². The van der Waals surface area contributed by atoms with Gasteiger partial charge in [-0.25, -0.2) is 26.3 Å². The van der Waals surface area contributed by atoms with E-state index in [0.717, 1.165) is 0 Å². The zero-order valence-corrected chi connectivity index (χ0v) is 10.1. The number of fused-ring (bicyclic) bond motifs is 2. The molecule has 0 radical (unpaired) electrons. The topological polar surface area (TPSA) is 40.5 Å². The molecule has 2 aliphatic rings. The third-order valence-electron chi connectivity index (χ3n) is 4.31. The molecule has 0 saturated heterocycles. The van der Waals surface area contributed by atoms with E-state index in [4.69, 9.17) is 10.2 Å². The fraction of sp³-hybridized carbons (Fsp3) is 1.00. The highest BCUT2D eigenvalue weighted by atomic mass is 19.3. The van der Waals surface area contributed by atoms with Gasteiger partial charge in [-0.3, -0.25) is 0 Å². The van der Waals surface area contributed by atoms with Crippen LogP contribution in [0.15, 0.2) is 0 Å². The molecule has 6 atom stereocenters. The summed E-state index contributed by atoms with van der Waals surface area (Å²) in [5.74, 6) is -21.3. The first-order chi connectivity index (χ1) is 9.89. The first kappa shape index (κ1) is 18.4. The Hall–Kier alpha value is -0.920. The molecule has 2 N–H and O–H groups in total. The van der Waals surface area contributed by atoms with Crippen molar-refractivity contribution in [3.63, 3.8) is 0 Å². The molecule has 2 nitrogen and oxygen atoms in total. The van der Waals surface area contributed by atoms with Crippen LogP contribution in [0.3, 0.4) is 0 Å². The highest BCUT2D eigenvalue weighted by Crippen LogP contribution is 2.83. The standard InChI is InChI=1S/C9H4F12O2/c10-1(22)3(12)4(13,2(11)23)6(15)7(16,17)5(3,14)8(18,19)9(6,20)21/h1-2,22-23H. The highest BCUT2D eigenvalue weighted by molar-refractivity contribution is 5.50. The van der Waals surface area contributed by atoms with Gasteiger partial charge in [0.25, 0.3) is 22.7 Å². The minimum absolute atomic E-state index is 5.17. The highest BCUT2D eigenvalue weighted by Gasteiger charge is 3.17. The molecule has 136 valence electrons. The van der Waals surface area contributed by atoms with Gasteiger partial charge in [0.1, 0.15) is 0 Å². The Kier molecular flexibility index (Phi) is 3.07. The van der Waals surface area contributed by atoms with Gasteiger partial charge in [0, 0.05) is 0 Å². The minimum Gasteiger partial charge on any atom is -0.361 e. The molecule has 0 spiro atoms. The smallest absolute Gasteiger partial charge is 0.356 e. The maximum absolute atomic E-state index is 14.1. The van der Waals surface area contributed by atoms with Crippen LogP contribution < -0.4 is 0 Å². The number of aliphatic hydroxyl groups excluding tert-OH is 2. The van der Waals surface area contributed by atoms with Gasteiger partial charge in [-0.2, -0.15) is 26.3 Å². The molecule has 2 saturated carbocycles. The third-order valence-corrected chi connectivity index (χ3v) is 4.31. The van der Waals surface area contributed by atoms with Gasteiger partial charge in [0.2, 0.25) is 12.7 Å². The molecule has 2 aliphatic carbocycles. The van der Waals surface area contributed by atoms with Crippen LogP contribution in [0.4, 0.5) is 52.7 Å². The number of aliphatic hydroxyl groups is 2. The summed E-state index contributed by atoms with van der Waals surface area (Å²) in [4.78, 5) is 0. The summed E-state index contributed by atoms with van der Waals surface area (Å²) in [6.45, 7) is 0. The van der Waals surface area contributed by atoms with Crippen LogP contribution in [0.1, 0.15) is 0 Å². The first-order valence-corrected chi connectivity index (χ1v) is 5.42. The van der Waals surface area contributed by atoms with Crippen molar-refractivity contribution < 1.29 is 62.9 Å². The predicted octanol–water partition coefficient (Wildman–Crippen LogP) is 2.33. The zero-order valence-electron chi connectivity index (χ0n) is 10.1. The lowest BCUT2D eigenvalue weighted by Gasteiger charge is -2.49. The molecule has 14 heteroatoms. The molecule has 2 rings (SSSR count). The number of hydrogen-bond acceptors (Lipinski definition) is 2. The summed E-state index contributed by atoms with van der Waals surface area (Å²) in [7, 11) is 0. The van der Waals surface area contributed by atoms with Crippen molar-refractivity contribution in [3.05, 3.63) is 0 Å². The van der Waals surface area contributed by atoms with E-state index >= 15 is 0 Å².